The molecule has 0 saturated heterocycles. The Labute approximate surface area is 120 Å². The number of hydrogen-bond donors (Lipinski definition) is 2. The van der Waals surface area contributed by atoms with E-state index in [-0.39, 0.29) is 6.04 Å². The zero-order chi connectivity index (χ0) is 13.8. The van der Waals surface area contributed by atoms with Gasteiger partial charge in [0.2, 0.25) is 0 Å². The van der Waals surface area contributed by atoms with Gasteiger partial charge in [0.05, 0.1) is 17.9 Å². The van der Waals surface area contributed by atoms with Gasteiger partial charge in [0.25, 0.3) is 0 Å². The van der Waals surface area contributed by atoms with Gasteiger partial charge in [-0.05, 0) is 61.2 Å². The fourth-order valence-corrected chi connectivity index (χ4v) is 6.17. The second-order valence-electron chi connectivity index (χ2n) is 7.86. The van der Waals surface area contributed by atoms with E-state index >= 15 is 0 Å². The first-order chi connectivity index (χ1) is 9.62. The zero-order valence-corrected chi connectivity index (χ0v) is 12.2. The number of nitrogens with zero attached hydrogens (tertiary/aromatic N) is 2. The molecule has 1 aromatic heterocycles. The Hall–Kier alpha value is -1.00. The van der Waals surface area contributed by atoms with Crippen LogP contribution in [0, 0.1) is 22.7 Å². The summed E-state index contributed by atoms with van der Waals surface area (Å²) < 4.78 is 0. The average molecular weight is 272 g/mol. The summed E-state index contributed by atoms with van der Waals surface area (Å²) in [5.74, 6) is 7.75. The SMILES string of the molecule is CC12CC3CC(C1)CC(C(NN)c1cnccn1)(C3)C2. The van der Waals surface area contributed by atoms with Crippen LogP contribution in [0.15, 0.2) is 18.6 Å². The third-order valence-electron chi connectivity index (χ3n) is 6.06. The standard InChI is InChI=1S/C16H24N4/c1-15-5-11-4-12(6-15)8-16(7-11,10-15)14(20-17)13-9-18-2-3-19-13/h2-3,9,11-12,14,20H,4-8,10,17H2,1H3. The number of hydrazine groups is 1. The fraction of sp³-hybridized carbons (Fsp3) is 0.750. The third kappa shape index (κ3) is 1.81. The van der Waals surface area contributed by atoms with Crippen LogP contribution in [0.25, 0.3) is 0 Å². The van der Waals surface area contributed by atoms with Crippen LogP contribution >= 0.6 is 0 Å². The minimum absolute atomic E-state index is 0.154. The summed E-state index contributed by atoms with van der Waals surface area (Å²) in [4.78, 5) is 8.77. The van der Waals surface area contributed by atoms with Crippen LogP contribution in [0.4, 0.5) is 0 Å². The normalized spacial score (nSPS) is 43.7. The highest BCUT2D eigenvalue weighted by Gasteiger charge is 2.58. The maximum atomic E-state index is 5.95. The molecule has 4 nitrogen and oxygen atoms in total. The predicted molar refractivity (Wildman–Crippen MR) is 77.3 cm³/mol. The van der Waals surface area contributed by atoms with Gasteiger partial charge in [-0.25, -0.2) is 0 Å². The fourth-order valence-electron chi connectivity index (χ4n) is 6.17. The molecular weight excluding hydrogens is 248 g/mol. The van der Waals surface area contributed by atoms with E-state index in [4.69, 9.17) is 5.84 Å². The molecule has 4 fully saturated rings. The van der Waals surface area contributed by atoms with E-state index in [9.17, 15) is 0 Å². The van der Waals surface area contributed by atoms with Gasteiger partial charge < -0.3 is 0 Å². The lowest BCUT2D eigenvalue weighted by Crippen LogP contribution is -2.56. The van der Waals surface area contributed by atoms with Crippen molar-refractivity contribution < 1.29 is 0 Å². The van der Waals surface area contributed by atoms with Crippen LogP contribution in [0.5, 0.6) is 0 Å². The van der Waals surface area contributed by atoms with Gasteiger partial charge in [-0.1, -0.05) is 6.92 Å². The zero-order valence-electron chi connectivity index (χ0n) is 12.2. The second-order valence-corrected chi connectivity index (χ2v) is 7.86. The molecule has 20 heavy (non-hydrogen) atoms. The monoisotopic (exact) mass is 272 g/mol. The Morgan fingerprint density at radius 2 is 2.00 bits per heavy atom. The van der Waals surface area contributed by atoms with Gasteiger partial charge in [0, 0.05) is 12.4 Å². The van der Waals surface area contributed by atoms with Crippen LogP contribution in [0.2, 0.25) is 0 Å². The maximum absolute atomic E-state index is 5.95. The number of hydrogen-bond acceptors (Lipinski definition) is 4. The molecule has 4 aliphatic carbocycles. The lowest BCUT2D eigenvalue weighted by Gasteiger charge is -2.63. The number of nitrogens with one attached hydrogen (secondary N) is 1. The van der Waals surface area contributed by atoms with Crippen LogP contribution in [-0.4, -0.2) is 9.97 Å². The van der Waals surface area contributed by atoms with Crippen molar-refractivity contribution in [3.63, 3.8) is 0 Å². The molecular formula is C16H24N4. The van der Waals surface area contributed by atoms with Gasteiger partial charge in [0.15, 0.2) is 0 Å². The summed E-state index contributed by atoms with van der Waals surface area (Å²) in [6, 6.07) is 0.154. The molecule has 0 amide bonds. The van der Waals surface area contributed by atoms with Crippen molar-refractivity contribution in [2.24, 2.45) is 28.5 Å². The molecule has 0 aliphatic heterocycles. The van der Waals surface area contributed by atoms with Gasteiger partial charge >= 0.3 is 0 Å². The molecule has 3 unspecified atom stereocenters. The first kappa shape index (κ1) is 12.7. The van der Waals surface area contributed by atoms with E-state index in [1.165, 1.54) is 38.5 Å². The van der Waals surface area contributed by atoms with Crippen molar-refractivity contribution in [1.82, 2.24) is 15.4 Å². The highest BCUT2D eigenvalue weighted by Crippen LogP contribution is 2.68. The van der Waals surface area contributed by atoms with Crippen molar-refractivity contribution in [1.29, 1.82) is 0 Å². The molecule has 1 aromatic rings. The highest BCUT2D eigenvalue weighted by molar-refractivity contribution is 5.16. The lowest BCUT2D eigenvalue weighted by molar-refractivity contribution is -0.119. The van der Waals surface area contributed by atoms with E-state index in [2.05, 4.69) is 22.3 Å². The van der Waals surface area contributed by atoms with Gasteiger partial charge in [-0.2, -0.15) is 0 Å². The second kappa shape index (κ2) is 4.25. The quantitative estimate of drug-likeness (QED) is 0.656. The van der Waals surface area contributed by atoms with E-state index in [1.807, 2.05) is 6.20 Å². The number of rotatable bonds is 3. The Morgan fingerprint density at radius 3 is 2.55 bits per heavy atom. The van der Waals surface area contributed by atoms with Crippen LogP contribution < -0.4 is 11.3 Å². The molecule has 0 aromatic carbocycles. The first-order valence-corrected chi connectivity index (χ1v) is 7.85. The minimum Gasteiger partial charge on any atom is -0.271 e. The van der Waals surface area contributed by atoms with Crippen LogP contribution in [0.1, 0.15) is 57.2 Å². The van der Waals surface area contributed by atoms with Crippen molar-refractivity contribution >= 4 is 0 Å². The summed E-state index contributed by atoms with van der Waals surface area (Å²) >= 11 is 0. The summed E-state index contributed by atoms with van der Waals surface area (Å²) in [6.07, 6.45) is 13.6. The molecule has 4 bridgehead atoms. The van der Waals surface area contributed by atoms with E-state index in [0.29, 0.717) is 10.8 Å². The Kier molecular flexibility index (Phi) is 2.70. The lowest BCUT2D eigenvalue weighted by atomic mass is 9.43. The molecule has 4 aliphatic rings. The number of aromatic nitrogens is 2. The summed E-state index contributed by atoms with van der Waals surface area (Å²) in [5.41, 5.74) is 4.93. The molecule has 3 N–H and O–H groups in total. The van der Waals surface area contributed by atoms with Crippen molar-refractivity contribution in [3.05, 3.63) is 24.3 Å². The molecule has 108 valence electrons. The van der Waals surface area contributed by atoms with E-state index in [0.717, 1.165) is 17.5 Å². The Bertz CT molecular complexity index is 486. The molecule has 0 spiro atoms. The average Bonchev–Trinajstić information content (AvgIpc) is 2.37. The summed E-state index contributed by atoms with van der Waals surface area (Å²) in [5, 5.41) is 0. The number of nitrogens with two attached hydrogens (primary N) is 1. The topological polar surface area (TPSA) is 63.8 Å². The highest BCUT2D eigenvalue weighted by atomic mass is 15.2. The van der Waals surface area contributed by atoms with E-state index < -0.39 is 0 Å². The molecule has 4 saturated carbocycles. The largest absolute Gasteiger partial charge is 0.271 e. The molecule has 0 radical (unpaired) electrons. The Balaban J connectivity index is 1.73. The molecule has 5 rings (SSSR count). The third-order valence-corrected chi connectivity index (χ3v) is 6.06. The summed E-state index contributed by atoms with van der Waals surface area (Å²) in [7, 11) is 0. The maximum Gasteiger partial charge on any atom is 0.0775 e. The van der Waals surface area contributed by atoms with Crippen molar-refractivity contribution in [3.8, 4) is 0 Å². The van der Waals surface area contributed by atoms with Gasteiger partial charge in [-0.3, -0.25) is 21.2 Å². The predicted octanol–water partition coefficient (Wildman–Crippen LogP) is 2.59. The summed E-state index contributed by atoms with van der Waals surface area (Å²) in [6.45, 7) is 2.49. The van der Waals surface area contributed by atoms with Gasteiger partial charge in [0.1, 0.15) is 0 Å². The Morgan fingerprint density at radius 1 is 1.25 bits per heavy atom. The molecule has 1 heterocycles. The van der Waals surface area contributed by atoms with Crippen molar-refractivity contribution in [2.45, 2.75) is 51.5 Å². The van der Waals surface area contributed by atoms with Gasteiger partial charge in [-0.15, -0.1) is 0 Å². The first-order valence-electron chi connectivity index (χ1n) is 7.85. The van der Waals surface area contributed by atoms with Crippen molar-refractivity contribution in [2.75, 3.05) is 0 Å². The van der Waals surface area contributed by atoms with Crippen LogP contribution in [0.3, 0.4) is 0 Å². The smallest absolute Gasteiger partial charge is 0.0775 e. The molecule has 4 heteroatoms. The molecule has 3 atom stereocenters. The minimum atomic E-state index is 0.154. The van der Waals surface area contributed by atoms with E-state index in [1.54, 1.807) is 12.4 Å². The van der Waals surface area contributed by atoms with Crippen LogP contribution in [-0.2, 0) is 0 Å².